The number of ether oxygens (including phenoxy) is 1. The largest absolute Gasteiger partial charge is 0.495 e. The summed E-state index contributed by atoms with van der Waals surface area (Å²) in [5, 5.41) is 0. The minimum atomic E-state index is -3.46. The van der Waals surface area contributed by atoms with E-state index in [0.717, 1.165) is 19.3 Å². The van der Waals surface area contributed by atoms with Crippen LogP contribution in [0.2, 0.25) is 0 Å². The molecular weight excluding hydrogens is 238 g/mol. The number of unbranched alkanes of at least 4 members (excludes halogenated alkanes) is 2. The van der Waals surface area contributed by atoms with Crippen molar-refractivity contribution >= 4 is 10.0 Å². The standard InChI is InChI=1S/C12H19NO3S/c1-3-4-7-10-13-17(14,15)12-9-6-5-8-11(12)16-2/h5-6,8-9,13H,3-4,7,10H2,1-2H3. The van der Waals surface area contributed by atoms with Crippen LogP contribution in [0.15, 0.2) is 29.2 Å². The van der Waals surface area contributed by atoms with Crippen LogP contribution in [0.25, 0.3) is 0 Å². The zero-order valence-corrected chi connectivity index (χ0v) is 11.1. The highest BCUT2D eigenvalue weighted by molar-refractivity contribution is 7.89. The first-order valence-corrected chi connectivity index (χ1v) is 7.23. The average molecular weight is 257 g/mol. The highest BCUT2D eigenvalue weighted by atomic mass is 32.2. The average Bonchev–Trinajstić information content (AvgIpc) is 2.34. The van der Waals surface area contributed by atoms with Crippen LogP contribution in [-0.2, 0) is 10.0 Å². The third-order valence-electron chi connectivity index (χ3n) is 2.43. The molecule has 0 saturated heterocycles. The van der Waals surface area contributed by atoms with Crippen molar-refractivity contribution in [3.05, 3.63) is 24.3 Å². The molecule has 0 fully saturated rings. The van der Waals surface area contributed by atoms with E-state index < -0.39 is 10.0 Å². The summed E-state index contributed by atoms with van der Waals surface area (Å²) in [4.78, 5) is 0.194. The SMILES string of the molecule is CCCCCNS(=O)(=O)c1ccccc1OC. The first kappa shape index (κ1) is 14.0. The summed E-state index contributed by atoms with van der Waals surface area (Å²) in [6.07, 6.45) is 2.94. The molecule has 17 heavy (non-hydrogen) atoms. The summed E-state index contributed by atoms with van der Waals surface area (Å²) in [5.41, 5.74) is 0. The van der Waals surface area contributed by atoms with Gasteiger partial charge in [-0.15, -0.1) is 0 Å². The van der Waals surface area contributed by atoms with Crippen LogP contribution in [0.4, 0.5) is 0 Å². The molecular formula is C12H19NO3S. The Bertz CT molecular complexity index is 443. The van der Waals surface area contributed by atoms with Gasteiger partial charge in [0, 0.05) is 6.54 Å². The molecule has 0 aliphatic rings. The maximum Gasteiger partial charge on any atom is 0.244 e. The van der Waals surface area contributed by atoms with Gasteiger partial charge in [-0.2, -0.15) is 0 Å². The van der Waals surface area contributed by atoms with E-state index in [1.165, 1.54) is 7.11 Å². The first-order valence-electron chi connectivity index (χ1n) is 5.74. The van der Waals surface area contributed by atoms with Crippen molar-refractivity contribution < 1.29 is 13.2 Å². The highest BCUT2D eigenvalue weighted by Crippen LogP contribution is 2.22. The molecule has 0 saturated carbocycles. The number of para-hydroxylation sites is 1. The summed E-state index contributed by atoms with van der Waals surface area (Å²) >= 11 is 0. The van der Waals surface area contributed by atoms with E-state index in [2.05, 4.69) is 11.6 Å². The summed E-state index contributed by atoms with van der Waals surface area (Å²) in [6.45, 7) is 2.54. The maximum absolute atomic E-state index is 12.0. The Morgan fingerprint density at radius 1 is 1.24 bits per heavy atom. The molecule has 0 aromatic heterocycles. The predicted molar refractivity (Wildman–Crippen MR) is 67.7 cm³/mol. The van der Waals surface area contributed by atoms with Crippen LogP contribution in [0.3, 0.4) is 0 Å². The molecule has 0 aliphatic carbocycles. The van der Waals surface area contributed by atoms with Crippen molar-refractivity contribution in [3.8, 4) is 5.75 Å². The Kier molecular flexibility index (Phi) is 5.44. The minimum Gasteiger partial charge on any atom is -0.495 e. The molecule has 0 bridgehead atoms. The van der Waals surface area contributed by atoms with Crippen molar-refractivity contribution in [3.63, 3.8) is 0 Å². The molecule has 0 radical (unpaired) electrons. The van der Waals surface area contributed by atoms with Gasteiger partial charge in [-0.1, -0.05) is 31.9 Å². The number of rotatable bonds is 7. The smallest absolute Gasteiger partial charge is 0.244 e. The molecule has 0 amide bonds. The molecule has 0 heterocycles. The van der Waals surface area contributed by atoms with Crippen molar-refractivity contribution in [2.75, 3.05) is 13.7 Å². The van der Waals surface area contributed by atoms with Gasteiger partial charge in [-0.3, -0.25) is 0 Å². The van der Waals surface area contributed by atoms with E-state index in [1.807, 2.05) is 0 Å². The molecule has 0 aliphatic heterocycles. The number of hydrogen-bond donors (Lipinski definition) is 1. The zero-order valence-electron chi connectivity index (χ0n) is 10.3. The van der Waals surface area contributed by atoms with Gasteiger partial charge in [0.05, 0.1) is 7.11 Å². The Balaban J connectivity index is 2.75. The Hall–Kier alpha value is -1.07. The Morgan fingerprint density at radius 2 is 1.94 bits per heavy atom. The Morgan fingerprint density at radius 3 is 2.59 bits per heavy atom. The lowest BCUT2D eigenvalue weighted by atomic mass is 10.3. The summed E-state index contributed by atoms with van der Waals surface area (Å²) < 4.78 is 31.6. The molecule has 1 N–H and O–H groups in total. The minimum absolute atomic E-state index is 0.194. The van der Waals surface area contributed by atoms with Crippen molar-refractivity contribution in [2.45, 2.75) is 31.1 Å². The molecule has 1 aromatic carbocycles. The number of sulfonamides is 1. The number of methoxy groups -OCH3 is 1. The molecule has 0 atom stereocenters. The fourth-order valence-electron chi connectivity index (χ4n) is 1.50. The van der Waals surface area contributed by atoms with Crippen molar-refractivity contribution in [1.29, 1.82) is 0 Å². The summed E-state index contributed by atoms with van der Waals surface area (Å²) in [5.74, 6) is 0.371. The number of nitrogens with one attached hydrogen (secondary N) is 1. The van der Waals surface area contributed by atoms with Gasteiger partial charge >= 0.3 is 0 Å². The van der Waals surface area contributed by atoms with Crippen LogP contribution in [0.1, 0.15) is 26.2 Å². The lowest BCUT2D eigenvalue weighted by Crippen LogP contribution is -2.25. The quantitative estimate of drug-likeness (QED) is 0.762. The molecule has 0 spiro atoms. The van der Waals surface area contributed by atoms with Crippen LogP contribution < -0.4 is 9.46 Å². The summed E-state index contributed by atoms with van der Waals surface area (Å²) in [7, 11) is -1.99. The number of hydrogen-bond acceptors (Lipinski definition) is 3. The van der Waals surface area contributed by atoms with Gasteiger partial charge in [0.1, 0.15) is 10.6 Å². The second-order valence-electron chi connectivity index (χ2n) is 3.76. The van der Waals surface area contributed by atoms with Crippen molar-refractivity contribution in [1.82, 2.24) is 4.72 Å². The van der Waals surface area contributed by atoms with Crippen LogP contribution in [0, 0.1) is 0 Å². The topological polar surface area (TPSA) is 55.4 Å². The van der Waals surface area contributed by atoms with E-state index in [1.54, 1.807) is 24.3 Å². The number of benzene rings is 1. The molecule has 1 aromatic rings. The van der Waals surface area contributed by atoms with Gasteiger partial charge < -0.3 is 4.74 Å². The monoisotopic (exact) mass is 257 g/mol. The van der Waals surface area contributed by atoms with Gasteiger partial charge in [-0.25, -0.2) is 13.1 Å². The van der Waals surface area contributed by atoms with Gasteiger partial charge in [0.25, 0.3) is 0 Å². The third kappa shape index (κ3) is 4.02. The van der Waals surface area contributed by atoms with Crippen LogP contribution in [0.5, 0.6) is 5.75 Å². The predicted octanol–water partition coefficient (Wildman–Crippen LogP) is 2.16. The molecule has 5 heteroatoms. The second kappa shape index (κ2) is 6.61. The lowest BCUT2D eigenvalue weighted by Gasteiger charge is -2.10. The normalized spacial score (nSPS) is 11.4. The fourth-order valence-corrected chi connectivity index (χ4v) is 2.74. The van der Waals surface area contributed by atoms with Crippen molar-refractivity contribution in [2.24, 2.45) is 0 Å². The maximum atomic E-state index is 12.0. The lowest BCUT2D eigenvalue weighted by molar-refractivity contribution is 0.402. The second-order valence-corrected chi connectivity index (χ2v) is 5.49. The van der Waals surface area contributed by atoms with E-state index >= 15 is 0 Å². The van der Waals surface area contributed by atoms with Gasteiger partial charge in [0.15, 0.2) is 0 Å². The van der Waals surface area contributed by atoms with E-state index in [0.29, 0.717) is 12.3 Å². The summed E-state index contributed by atoms with van der Waals surface area (Å²) in [6, 6.07) is 6.61. The molecule has 4 nitrogen and oxygen atoms in total. The van der Waals surface area contributed by atoms with E-state index in [4.69, 9.17) is 4.74 Å². The zero-order chi connectivity index (χ0) is 12.7. The molecule has 96 valence electrons. The van der Waals surface area contributed by atoms with E-state index in [-0.39, 0.29) is 4.90 Å². The molecule has 0 unspecified atom stereocenters. The van der Waals surface area contributed by atoms with E-state index in [9.17, 15) is 8.42 Å². The van der Waals surface area contributed by atoms with Gasteiger partial charge in [-0.05, 0) is 18.6 Å². The Labute approximate surface area is 103 Å². The third-order valence-corrected chi connectivity index (χ3v) is 3.93. The van der Waals surface area contributed by atoms with Crippen LogP contribution in [-0.4, -0.2) is 22.1 Å². The van der Waals surface area contributed by atoms with Crippen LogP contribution >= 0.6 is 0 Å². The first-order chi connectivity index (χ1) is 8.11. The highest BCUT2D eigenvalue weighted by Gasteiger charge is 2.17. The van der Waals surface area contributed by atoms with Gasteiger partial charge in [0.2, 0.25) is 10.0 Å². The fraction of sp³-hybridized carbons (Fsp3) is 0.500. The molecule has 1 rings (SSSR count).